The molecular formula is C61H111N5O3S2. The maximum Gasteiger partial charge on any atom is 0.170 e. The van der Waals surface area contributed by atoms with Gasteiger partial charge in [-0.2, -0.15) is 14.4 Å². The first-order valence-electron chi connectivity index (χ1n) is 21.2. The molecule has 1 aliphatic carbocycles. The molecule has 1 unspecified atom stereocenters. The topological polar surface area (TPSA) is 89.3 Å². The molecule has 0 saturated heterocycles. The van der Waals surface area contributed by atoms with Gasteiger partial charge >= 0.3 is 0 Å². The van der Waals surface area contributed by atoms with Crippen LogP contribution in [0, 0.1) is 82.1 Å². The molecule has 0 aliphatic heterocycles. The van der Waals surface area contributed by atoms with Gasteiger partial charge < -0.3 is 5.32 Å². The van der Waals surface area contributed by atoms with E-state index in [1.807, 2.05) is 69.2 Å². The number of carbonyl (C=O) groups excluding carboxylic acids is 1. The lowest BCUT2D eigenvalue weighted by atomic mass is 10.1. The highest BCUT2D eigenvalue weighted by atomic mass is 32.2. The molecule has 7 rings (SSSR count). The van der Waals surface area contributed by atoms with E-state index in [0.29, 0.717) is 11.7 Å². The number of nitrogens with zero attached hydrogens (tertiary/aromatic N) is 4. The second-order valence-corrected chi connectivity index (χ2v) is 17.6. The van der Waals surface area contributed by atoms with Crippen molar-refractivity contribution < 1.29 is 13.3 Å². The number of anilines is 1. The van der Waals surface area contributed by atoms with E-state index in [9.17, 15) is 9.00 Å². The number of rotatable bonds is 6. The monoisotopic (exact) mass is 1030 g/mol. The normalized spacial score (nSPS) is 10.0. The molecule has 0 amide bonds. The van der Waals surface area contributed by atoms with E-state index in [1.54, 1.807) is 25.4 Å². The average molecular weight is 1030 g/mol. The number of benzene rings is 3. The van der Waals surface area contributed by atoms with Crippen molar-refractivity contribution in [3.05, 3.63) is 169 Å². The van der Waals surface area contributed by atoms with E-state index in [1.165, 1.54) is 66.4 Å². The highest BCUT2D eigenvalue weighted by Crippen LogP contribution is 2.34. The van der Waals surface area contributed by atoms with Gasteiger partial charge in [0.05, 0.1) is 5.69 Å². The highest BCUT2D eigenvalue weighted by molar-refractivity contribution is 7.79. The number of aromatic nitrogens is 3. The number of nitrogens with one attached hydrogen (secondary N) is 1. The van der Waals surface area contributed by atoms with Crippen LogP contribution in [0.5, 0.6) is 0 Å². The fraction of sp³-hybridized carbons (Fsp3) is 0.492. The van der Waals surface area contributed by atoms with E-state index < -0.39 is 11.1 Å². The molecule has 0 bridgehead atoms. The second-order valence-electron chi connectivity index (χ2n) is 15.5. The van der Waals surface area contributed by atoms with Gasteiger partial charge in [0.25, 0.3) is 0 Å². The Kier molecular flexibility index (Phi) is 56.2. The molecule has 3 heterocycles. The van der Waals surface area contributed by atoms with E-state index in [4.69, 9.17) is 0 Å². The Hall–Kier alpha value is -4.74. The van der Waals surface area contributed by atoms with Crippen molar-refractivity contribution in [1.29, 1.82) is 0 Å². The van der Waals surface area contributed by atoms with Crippen molar-refractivity contribution >= 4 is 33.9 Å². The summed E-state index contributed by atoms with van der Waals surface area (Å²) in [6, 6.07) is 28.7. The fourth-order valence-electron chi connectivity index (χ4n) is 5.49. The number of aryl methyl sites for hydroxylation is 10. The van der Waals surface area contributed by atoms with E-state index in [0.717, 1.165) is 41.9 Å². The van der Waals surface area contributed by atoms with Crippen LogP contribution in [0.3, 0.4) is 0 Å². The standard InChI is InChI=1S/C11H13NO.2C9H12.C7H12N2.C7H9N.C6H8S.C3H9NO2S.9CH4/c1-12-10-5-3-2-4-9(10)11(13)8-6-7-8;1-7-5-4-6-8(2)9(7)3;1-3-9-7-5-4-6-8(9)2;1-5-6(2)8-9(4)7(5)3;1-6-4-3-5-8-7(6)2;1-5-3-4-7-6(5)2;1-4(2)6-7(3)5;;;;;;;;;/h2-5,8,12H,6-7H2,1H3;4-6H,1-3H3;4-7H,3H2,1-2H3;1-4H3;3-5H,1-2H3;3-4H,1-2H3;1-3H3;9*1H4. The van der Waals surface area contributed by atoms with Gasteiger partial charge in [-0.1, -0.05) is 134 Å². The minimum absolute atomic E-state index is 0. The van der Waals surface area contributed by atoms with Gasteiger partial charge in [0.2, 0.25) is 0 Å². The highest BCUT2D eigenvalue weighted by Gasteiger charge is 2.31. The van der Waals surface area contributed by atoms with Crippen LogP contribution < -0.4 is 5.32 Å². The summed E-state index contributed by atoms with van der Waals surface area (Å²) in [7, 11) is 7.18. The first kappa shape index (κ1) is 86.1. The predicted octanol–water partition coefficient (Wildman–Crippen LogP) is 18.4. The van der Waals surface area contributed by atoms with Crippen molar-refractivity contribution in [3.8, 4) is 0 Å². The minimum atomic E-state index is -1.17. The van der Waals surface area contributed by atoms with Gasteiger partial charge in [-0.25, -0.2) is 4.21 Å². The SMILES string of the molecule is C.C.C.C.C.C.C.C.C.CCc1ccccc1C.CN(C)OS(C)=O.CNc1ccccc1C(=O)C1CC1.Cc1cccc(C)c1C.Cc1cccnc1C.Cc1ccsc1C.Cc1nn(C)c(C)c1C. The lowest BCUT2D eigenvalue weighted by molar-refractivity contribution is 0.0148. The Balaban J connectivity index is -0.0000000892. The molecule has 1 N–H and O–H groups in total. The van der Waals surface area contributed by atoms with Crippen molar-refractivity contribution in [3.63, 3.8) is 0 Å². The number of carbonyl (C=O) groups is 1. The lowest BCUT2D eigenvalue weighted by Crippen LogP contribution is -2.13. The van der Waals surface area contributed by atoms with Crippen molar-refractivity contribution in [1.82, 2.24) is 19.8 Å². The number of Topliss-reactive ketones (excluding diaryl/α,β-unsaturated/α-hetero) is 1. The van der Waals surface area contributed by atoms with Crippen molar-refractivity contribution in [2.45, 2.75) is 169 Å². The minimum Gasteiger partial charge on any atom is -0.388 e. The predicted molar refractivity (Wildman–Crippen MR) is 329 cm³/mol. The molecule has 1 fully saturated rings. The molecule has 0 radical (unpaired) electrons. The summed E-state index contributed by atoms with van der Waals surface area (Å²) in [5.74, 6) is 0.597. The summed E-state index contributed by atoms with van der Waals surface area (Å²) < 4.78 is 16.6. The molecule has 1 saturated carbocycles. The summed E-state index contributed by atoms with van der Waals surface area (Å²) in [5, 5.41) is 10.8. The van der Waals surface area contributed by atoms with Crippen LogP contribution in [0.25, 0.3) is 0 Å². The van der Waals surface area contributed by atoms with Gasteiger partial charge in [0.15, 0.2) is 16.9 Å². The fourth-order valence-corrected chi connectivity index (χ4v) is 6.64. The zero-order valence-electron chi connectivity index (χ0n) is 40.8. The molecule has 1 aliphatic rings. The third-order valence-corrected chi connectivity index (χ3v) is 11.9. The van der Waals surface area contributed by atoms with Crippen LogP contribution >= 0.6 is 11.3 Å². The zero-order valence-corrected chi connectivity index (χ0v) is 42.4. The third kappa shape index (κ3) is 34.3. The van der Waals surface area contributed by atoms with Crippen LogP contribution in [0.1, 0.15) is 163 Å². The van der Waals surface area contributed by atoms with E-state index in [2.05, 4.69) is 149 Å². The molecule has 0 spiro atoms. The third-order valence-electron chi connectivity index (χ3n) is 10.4. The molecule has 410 valence electrons. The van der Waals surface area contributed by atoms with Gasteiger partial charge in [0, 0.05) is 74.1 Å². The number of hydroxylamine groups is 2. The number of para-hydroxylation sites is 1. The number of ketones is 1. The molecule has 10 heteroatoms. The van der Waals surface area contributed by atoms with E-state index in [-0.39, 0.29) is 66.8 Å². The summed E-state index contributed by atoms with van der Waals surface area (Å²) in [5.41, 5.74) is 16.3. The number of hydrogen-bond acceptors (Lipinski definition) is 8. The Labute approximate surface area is 448 Å². The molecular weight excluding hydrogens is 915 g/mol. The summed E-state index contributed by atoms with van der Waals surface area (Å²) >= 11 is 0.635. The maximum absolute atomic E-state index is 11.7. The summed E-state index contributed by atoms with van der Waals surface area (Å²) in [6.45, 7) is 25.3. The first-order valence-corrected chi connectivity index (χ1v) is 23.5. The number of pyridine rings is 1. The zero-order chi connectivity index (χ0) is 46.9. The molecule has 71 heavy (non-hydrogen) atoms. The molecule has 1 atom stereocenters. The molecule has 3 aromatic heterocycles. The van der Waals surface area contributed by atoms with Gasteiger partial charge in [0.1, 0.15) is 0 Å². The quantitative estimate of drug-likeness (QED) is 0.131. The Bertz CT molecular complexity index is 2160. The molecule has 6 aromatic rings. The van der Waals surface area contributed by atoms with Crippen LogP contribution in [0.2, 0.25) is 0 Å². The average Bonchev–Trinajstić information content (AvgIpc) is 3.99. The second kappa shape index (κ2) is 46.3. The van der Waals surface area contributed by atoms with Crippen LogP contribution in [-0.4, -0.2) is 57.2 Å². The number of thiophene rings is 1. The summed E-state index contributed by atoms with van der Waals surface area (Å²) in [4.78, 5) is 17.3. The lowest BCUT2D eigenvalue weighted by Gasteiger charge is -2.06. The van der Waals surface area contributed by atoms with Crippen LogP contribution in [0.15, 0.2) is 96.5 Å². The number of hydrogen-bond donors (Lipinski definition) is 1. The first-order chi connectivity index (χ1) is 29.2. The summed E-state index contributed by atoms with van der Waals surface area (Å²) in [6.07, 6.45) is 6.56. The van der Waals surface area contributed by atoms with Gasteiger partial charge in [-0.05, 0) is 170 Å². The van der Waals surface area contributed by atoms with E-state index >= 15 is 0 Å². The Morgan fingerprint density at radius 1 is 0.676 bits per heavy atom. The van der Waals surface area contributed by atoms with Gasteiger partial charge in [-0.15, -0.1) is 11.3 Å². The maximum atomic E-state index is 11.7. The molecule has 8 nitrogen and oxygen atoms in total. The van der Waals surface area contributed by atoms with Crippen LogP contribution in [0.4, 0.5) is 5.69 Å². The Morgan fingerprint density at radius 3 is 1.45 bits per heavy atom. The van der Waals surface area contributed by atoms with Crippen molar-refractivity contribution in [2.75, 3.05) is 32.7 Å². The smallest absolute Gasteiger partial charge is 0.170 e. The molecule has 3 aromatic carbocycles. The largest absolute Gasteiger partial charge is 0.388 e. The Morgan fingerprint density at radius 2 is 1.17 bits per heavy atom. The van der Waals surface area contributed by atoms with Crippen LogP contribution in [-0.2, 0) is 28.8 Å². The van der Waals surface area contributed by atoms with Gasteiger partial charge in [-0.3, -0.25) is 14.5 Å². The van der Waals surface area contributed by atoms with Crippen molar-refractivity contribution in [2.24, 2.45) is 13.0 Å².